The molecule has 0 heterocycles. The largest absolute Gasteiger partial charge is 0.299 e. The third-order valence-corrected chi connectivity index (χ3v) is 3.84. The van der Waals surface area contributed by atoms with Crippen LogP contribution in [0, 0.1) is 10.8 Å². The average Bonchev–Trinajstić information content (AvgIpc) is 2.32. The number of hydrogen-bond donors (Lipinski definition) is 2. The van der Waals surface area contributed by atoms with E-state index >= 15 is 0 Å². The van der Waals surface area contributed by atoms with Crippen molar-refractivity contribution in [2.75, 3.05) is 5.75 Å². The maximum Gasteiger partial charge on any atom is 0.0800 e. The van der Waals surface area contributed by atoms with Crippen LogP contribution in [0.25, 0.3) is 0 Å². The molecule has 1 rings (SSSR count). The minimum Gasteiger partial charge on any atom is -0.299 e. The van der Waals surface area contributed by atoms with Crippen LogP contribution < -0.4 is 0 Å². The first kappa shape index (κ1) is 14.2. The van der Waals surface area contributed by atoms with E-state index in [2.05, 4.69) is 6.92 Å². The molecule has 17 heavy (non-hydrogen) atoms. The van der Waals surface area contributed by atoms with Gasteiger partial charge in [-0.15, -0.1) is 11.8 Å². The molecular weight excluding hydrogens is 228 g/mol. The summed E-state index contributed by atoms with van der Waals surface area (Å²) in [6.45, 7) is 2.24. The van der Waals surface area contributed by atoms with Gasteiger partial charge in [0, 0.05) is 4.91 Å². The summed E-state index contributed by atoms with van der Waals surface area (Å²) in [4.78, 5) is 1.12. The van der Waals surface area contributed by atoms with E-state index in [0.717, 1.165) is 10.7 Å². The van der Waals surface area contributed by atoms with Gasteiger partial charge in [-0.2, -0.15) is 0 Å². The van der Waals surface area contributed by atoms with E-state index in [1.54, 1.807) is 23.9 Å². The molecule has 94 valence electrons. The zero-order chi connectivity index (χ0) is 12.5. The maximum absolute atomic E-state index is 7.55. The third kappa shape index (κ3) is 5.87. The van der Waals surface area contributed by atoms with Gasteiger partial charge in [0.25, 0.3) is 0 Å². The molecule has 1 aliphatic carbocycles. The third-order valence-electron chi connectivity index (χ3n) is 2.76. The van der Waals surface area contributed by atoms with E-state index in [1.807, 2.05) is 6.08 Å². The second-order valence-corrected chi connectivity index (χ2v) is 5.49. The predicted octanol–water partition coefficient (Wildman–Crippen LogP) is 4.57. The summed E-state index contributed by atoms with van der Waals surface area (Å²) in [6, 6.07) is 0. The van der Waals surface area contributed by atoms with Gasteiger partial charge in [-0.1, -0.05) is 39.0 Å². The van der Waals surface area contributed by atoms with Gasteiger partial charge in [-0.3, -0.25) is 10.8 Å². The molecular formula is C14H22N2S. The van der Waals surface area contributed by atoms with Crippen molar-refractivity contribution in [3.63, 3.8) is 0 Å². The van der Waals surface area contributed by atoms with E-state index in [0.29, 0.717) is 11.4 Å². The Labute approximate surface area is 109 Å². The van der Waals surface area contributed by atoms with Gasteiger partial charge in [0.15, 0.2) is 0 Å². The van der Waals surface area contributed by atoms with Crippen molar-refractivity contribution in [3.8, 4) is 0 Å². The Kier molecular flexibility index (Phi) is 6.94. The number of thioether (sulfide) groups is 1. The van der Waals surface area contributed by atoms with Gasteiger partial charge in [0.1, 0.15) is 0 Å². The number of allylic oxidation sites excluding steroid dienone is 3. The van der Waals surface area contributed by atoms with Crippen molar-refractivity contribution in [1.29, 1.82) is 10.8 Å². The summed E-state index contributed by atoms with van der Waals surface area (Å²) in [5, 5.41) is 15.0. The molecule has 0 saturated heterocycles. The Morgan fingerprint density at radius 1 is 0.941 bits per heavy atom. The fourth-order valence-electron chi connectivity index (χ4n) is 1.69. The molecule has 2 nitrogen and oxygen atoms in total. The summed E-state index contributed by atoms with van der Waals surface area (Å²) >= 11 is 1.80. The Bertz CT molecular complexity index is 329. The molecule has 0 fully saturated rings. The van der Waals surface area contributed by atoms with Gasteiger partial charge in [0.05, 0.1) is 11.4 Å². The van der Waals surface area contributed by atoms with Crippen LogP contribution in [-0.2, 0) is 0 Å². The fraction of sp³-hybridized carbons (Fsp3) is 0.571. The van der Waals surface area contributed by atoms with Crippen LogP contribution >= 0.6 is 11.8 Å². The first-order valence-electron chi connectivity index (χ1n) is 6.44. The molecule has 3 heteroatoms. The molecule has 0 aromatic rings. The van der Waals surface area contributed by atoms with Gasteiger partial charge < -0.3 is 0 Å². The van der Waals surface area contributed by atoms with E-state index in [9.17, 15) is 0 Å². The highest BCUT2D eigenvalue weighted by Crippen LogP contribution is 2.21. The van der Waals surface area contributed by atoms with Crippen LogP contribution in [-0.4, -0.2) is 17.2 Å². The molecule has 0 atom stereocenters. The highest BCUT2D eigenvalue weighted by molar-refractivity contribution is 8.03. The lowest BCUT2D eigenvalue weighted by Crippen LogP contribution is -2.09. The molecule has 0 aliphatic heterocycles. The van der Waals surface area contributed by atoms with Crippen LogP contribution in [0.15, 0.2) is 23.1 Å². The molecule has 2 N–H and O–H groups in total. The minimum atomic E-state index is 0.314. The van der Waals surface area contributed by atoms with E-state index in [-0.39, 0.29) is 0 Å². The lowest BCUT2D eigenvalue weighted by molar-refractivity contribution is 0.627. The topological polar surface area (TPSA) is 47.7 Å². The standard InChI is InChI=1S/C14H22N2S/c1-2-3-4-5-6-7-10-17-12-8-9-13(15)14(16)11-12/h8-9,11,15-16H,2-7,10H2,1H3. The lowest BCUT2D eigenvalue weighted by atomic mass is 10.1. The predicted molar refractivity (Wildman–Crippen MR) is 78.5 cm³/mol. The molecule has 0 bridgehead atoms. The number of unbranched alkanes of at least 4 members (excludes halogenated alkanes) is 5. The summed E-state index contributed by atoms with van der Waals surface area (Å²) in [5.41, 5.74) is 0.645. The molecule has 0 amide bonds. The normalized spacial score (nSPS) is 15.2. The van der Waals surface area contributed by atoms with Crippen LogP contribution in [0.2, 0.25) is 0 Å². The van der Waals surface area contributed by atoms with Crippen LogP contribution in [0.1, 0.15) is 45.4 Å². The van der Waals surface area contributed by atoms with E-state index in [1.165, 1.54) is 38.5 Å². The number of hydrogen-bond acceptors (Lipinski definition) is 3. The Balaban J connectivity index is 2.07. The summed E-state index contributed by atoms with van der Waals surface area (Å²) in [7, 11) is 0. The van der Waals surface area contributed by atoms with Crippen LogP contribution in [0.3, 0.4) is 0 Å². The fourth-order valence-corrected chi connectivity index (χ4v) is 2.64. The zero-order valence-corrected chi connectivity index (χ0v) is 11.4. The van der Waals surface area contributed by atoms with Crippen LogP contribution in [0.5, 0.6) is 0 Å². The quantitative estimate of drug-likeness (QED) is 0.481. The average molecular weight is 250 g/mol. The van der Waals surface area contributed by atoms with E-state index < -0.39 is 0 Å². The van der Waals surface area contributed by atoms with Gasteiger partial charge >= 0.3 is 0 Å². The van der Waals surface area contributed by atoms with Crippen molar-refractivity contribution in [2.24, 2.45) is 0 Å². The van der Waals surface area contributed by atoms with Crippen molar-refractivity contribution >= 4 is 23.2 Å². The maximum atomic E-state index is 7.55. The highest BCUT2D eigenvalue weighted by Gasteiger charge is 2.06. The SMILES string of the molecule is CCCCCCCCSC1=CC(=N)C(=N)C=C1. The summed E-state index contributed by atoms with van der Waals surface area (Å²) < 4.78 is 0. The lowest BCUT2D eigenvalue weighted by Gasteiger charge is -2.07. The molecule has 0 unspecified atom stereocenters. The summed E-state index contributed by atoms with van der Waals surface area (Å²) in [5.74, 6) is 1.13. The highest BCUT2D eigenvalue weighted by atomic mass is 32.2. The van der Waals surface area contributed by atoms with Crippen molar-refractivity contribution in [3.05, 3.63) is 23.1 Å². The monoisotopic (exact) mass is 250 g/mol. The first-order valence-corrected chi connectivity index (χ1v) is 7.42. The Morgan fingerprint density at radius 2 is 1.65 bits per heavy atom. The molecule has 1 aliphatic rings. The second kappa shape index (κ2) is 8.29. The smallest absolute Gasteiger partial charge is 0.0800 e. The second-order valence-electron chi connectivity index (χ2n) is 4.32. The molecule has 0 aromatic heterocycles. The molecule has 0 spiro atoms. The molecule has 0 aromatic carbocycles. The Morgan fingerprint density at radius 3 is 2.35 bits per heavy atom. The molecule has 0 saturated carbocycles. The van der Waals surface area contributed by atoms with Crippen molar-refractivity contribution in [2.45, 2.75) is 45.4 Å². The molecule has 0 radical (unpaired) electrons. The minimum absolute atomic E-state index is 0.314. The Hall–Kier alpha value is -0.830. The number of nitrogens with one attached hydrogen (secondary N) is 2. The van der Waals surface area contributed by atoms with Crippen LogP contribution in [0.4, 0.5) is 0 Å². The van der Waals surface area contributed by atoms with Gasteiger partial charge in [-0.25, -0.2) is 0 Å². The van der Waals surface area contributed by atoms with E-state index in [4.69, 9.17) is 10.8 Å². The summed E-state index contributed by atoms with van der Waals surface area (Å²) in [6.07, 6.45) is 13.4. The van der Waals surface area contributed by atoms with Crippen molar-refractivity contribution < 1.29 is 0 Å². The number of rotatable bonds is 8. The first-order chi connectivity index (χ1) is 8.24. The van der Waals surface area contributed by atoms with Gasteiger partial charge in [0.2, 0.25) is 0 Å². The van der Waals surface area contributed by atoms with Crippen molar-refractivity contribution in [1.82, 2.24) is 0 Å². The van der Waals surface area contributed by atoms with Gasteiger partial charge in [-0.05, 0) is 30.4 Å². The zero-order valence-electron chi connectivity index (χ0n) is 10.6.